The van der Waals surface area contributed by atoms with Crippen LogP contribution in [-0.2, 0) is 0 Å². The maximum atomic E-state index is 11.2. The highest BCUT2D eigenvalue weighted by atomic mass is 16.5. The second kappa shape index (κ2) is 5.06. The van der Waals surface area contributed by atoms with Crippen molar-refractivity contribution in [3.8, 4) is 5.75 Å². The predicted molar refractivity (Wildman–Crippen MR) is 63.8 cm³/mol. The van der Waals surface area contributed by atoms with Crippen LogP contribution in [0.1, 0.15) is 17.3 Å². The van der Waals surface area contributed by atoms with Gasteiger partial charge in [-0.05, 0) is 31.8 Å². The summed E-state index contributed by atoms with van der Waals surface area (Å²) in [5.74, 6) is 0.483. The van der Waals surface area contributed by atoms with Gasteiger partial charge in [0.15, 0.2) is 5.78 Å². The van der Waals surface area contributed by atoms with Crippen LogP contribution < -0.4 is 10.5 Å². The zero-order valence-electron chi connectivity index (χ0n) is 9.23. The van der Waals surface area contributed by atoms with E-state index in [2.05, 4.69) is 16.7 Å². The molecule has 0 aliphatic carbocycles. The molecule has 0 unspecified atom stereocenters. The smallest absolute Gasteiger partial charge is 0.220 e. The molecule has 0 fully saturated rings. The van der Waals surface area contributed by atoms with Gasteiger partial charge in [0, 0.05) is 5.56 Å². The second-order valence-corrected chi connectivity index (χ2v) is 3.07. The number of hydrogen-bond donors (Lipinski definition) is 1. The minimum atomic E-state index is -0.0383. The Kier molecular flexibility index (Phi) is 3.77. The first kappa shape index (κ1) is 11.9. The van der Waals surface area contributed by atoms with Crippen LogP contribution in [0.15, 0.2) is 28.2 Å². The molecule has 0 atom stereocenters. The van der Waals surface area contributed by atoms with E-state index in [9.17, 15) is 4.79 Å². The largest absolute Gasteiger partial charge is 0.494 e. The number of nitrogens with zero attached hydrogens (tertiary/aromatic N) is 2. The van der Waals surface area contributed by atoms with E-state index < -0.39 is 0 Å². The first-order chi connectivity index (χ1) is 7.58. The Morgan fingerprint density at radius 3 is 2.69 bits per heavy atom. The lowest BCUT2D eigenvalue weighted by atomic mass is 10.1. The average molecular weight is 219 g/mol. The van der Waals surface area contributed by atoms with Crippen molar-refractivity contribution in [3.05, 3.63) is 23.8 Å². The van der Waals surface area contributed by atoms with Crippen molar-refractivity contribution in [1.82, 2.24) is 0 Å². The van der Waals surface area contributed by atoms with E-state index in [1.165, 1.54) is 14.0 Å². The lowest BCUT2D eigenvalue weighted by molar-refractivity contribution is 0.101. The standard InChI is InChI=1S/C11H13N3O2/c1-7(15)8-4-5-9(10(6-8)16-3)14-11(12)13-2/h4-6H,2H2,1,3H3,(H2,12,14). The van der Waals surface area contributed by atoms with Crippen LogP contribution in [0.3, 0.4) is 0 Å². The third-order valence-electron chi connectivity index (χ3n) is 1.98. The number of benzene rings is 1. The van der Waals surface area contributed by atoms with Crippen molar-refractivity contribution < 1.29 is 9.53 Å². The van der Waals surface area contributed by atoms with Crippen molar-refractivity contribution in [2.24, 2.45) is 15.7 Å². The molecule has 0 heterocycles. The van der Waals surface area contributed by atoms with E-state index in [1.807, 2.05) is 0 Å². The van der Waals surface area contributed by atoms with Crippen LogP contribution in [0.25, 0.3) is 0 Å². The summed E-state index contributed by atoms with van der Waals surface area (Å²) < 4.78 is 5.10. The van der Waals surface area contributed by atoms with Crippen LogP contribution in [0.5, 0.6) is 5.75 Å². The van der Waals surface area contributed by atoms with E-state index in [0.29, 0.717) is 17.0 Å². The van der Waals surface area contributed by atoms with Crippen LogP contribution in [0.4, 0.5) is 5.69 Å². The van der Waals surface area contributed by atoms with Crippen LogP contribution in [0.2, 0.25) is 0 Å². The molecule has 1 rings (SSSR count). The van der Waals surface area contributed by atoms with E-state index in [4.69, 9.17) is 10.5 Å². The van der Waals surface area contributed by atoms with Gasteiger partial charge in [0.2, 0.25) is 5.96 Å². The second-order valence-electron chi connectivity index (χ2n) is 3.07. The van der Waals surface area contributed by atoms with Crippen molar-refractivity contribution in [3.63, 3.8) is 0 Å². The van der Waals surface area contributed by atoms with Gasteiger partial charge in [0.25, 0.3) is 0 Å². The number of rotatable bonds is 3. The molecule has 0 amide bonds. The number of Topliss-reactive ketones (excluding diaryl/α,β-unsaturated/α-hetero) is 1. The van der Waals surface area contributed by atoms with Gasteiger partial charge < -0.3 is 10.5 Å². The number of ketones is 1. The normalized spacial score (nSPS) is 11.0. The van der Waals surface area contributed by atoms with Gasteiger partial charge in [-0.3, -0.25) is 4.79 Å². The monoisotopic (exact) mass is 219 g/mol. The molecule has 1 aromatic carbocycles. The molecular formula is C11H13N3O2. The summed E-state index contributed by atoms with van der Waals surface area (Å²) in [6.07, 6.45) is 0. The predicted octanol–water partition coefficient (Wildman–Crippen LogP) is 1.54. The van der Waals surface area contributed by atoms with E-state index in [-0.39, 0.29) is 11.7 Å². The van der Waals surface area contributed by atoms with Crippen LogP contribution in [-0.4, -0.2) is 25.6 Å². The van der Waals surface area contributed by atoms with Gasteiger partial charge >= 0.3 is 0 Å². The number of ether oxygens (including phenoxy) is 1. The lowest BCUT2D eigenvalue weighted by Gasteiger charge is -2.05. The number of aliphatic imine (C=N–C) groups is 2. The fourth-order valence-corrected chi connectivity index (χ4v) is 1.15. The third kappa shape index (κ3) is 2.66. The Hall–Kier alpha value is -2.17. The third-order valence-corrected chi connectivity index (χ3v) is 1.98. The summed E-state index contributed by atoms with van der Waals surface area (Å²) in [5, 5.41) is 0. The molecule has 84 valence electrons. The minimum absolute atomic E-state index is 0.0383. The number of carbonyl (C=O) groups is 1. The minimum Gasteiger partial charge on any atom is -0.494 e. The molecule has 0 aliphatic heterocycles. The van der Waals surface area contributed by atoms with Gasteiger partial charge in [0.05, 0.1) is 7.11 Å². The van der Waals surface area contributed by atoms with Gasteiger partial charge in [0.1, 0.15) is 11.4 Å². The molecule has 0 saturated heterocycles. The molecule has 1 aromatic rings. The van der Waals surface area contributed by atoms with Crippen molar-refractivity contribution in [2.75, 3.05) is 7.11 Å². The molecule has 16 heavy (non-hydrogen) atoms. The lowest BCUT2D eigenvalue weighted by Crippen LogP contribution is -2.06. The quantitative estimate of drug-likeness (QED) is 0.476. The van der Waals surface area contributed by atoms with Gasteiger partial charge in [-0.2, -0.15) is 0 Å². The molecule has 5 heteroatoms. The van der Waals surface area contributed by atoms with Gasteiger partial charge in [-0.1, -0.05) is 0 Å². The fourth-order valence-electron chi connectivity index (χ4n) is 1.15. The summed E-state index contributed by atoms with van der Waals surface area (Å²) in [7, 11) is 1.50. The Balaban J connectivity index is 3.21. The highest BCUT2D eigenvalue weighted by molar-refractivity contribution is 5.95. The zero-order valence-corrected chi connectivity index (χ0v) is 9.23. The summed E-state index contributed by atoms with van der Waals surface area (Å²) in [4.78, 5) is 18.6. The topological polar surface area (TPSA) is 77.0 Å². The maximum Gasteiger partial charge on any atom is 0.220 e. The molecule has 0 saturated carbocycles. The number of nitrogens with two attached hydrogens (primary N) is 1. The summed E-state index contributed by atoms with van der Waals surface area (Å²) in [5.41, 5.74) is 6.49. The molecule has 0 aromatic heterocycles. The summed E-state index contributed by atoms with van der Waals surface area (Å²) in [6, 6.07) is 4.91. The average Bonchev–Trinajstić information content (AvgIpc) is 2.29. The first-order valence-electron chi connectivity index (χ1n) is 4.58. The van der Waals surface area contributed by atoms with Gasteiger partial charge in [-0.15, -0.1) is 0 Å². The molecule has 0 aliphatic rings. The fraction of sp³-hybridized carbons (Fsp3) is 0.182. The Morgan fingerprint density at radius 2 is 2.19 bits per heavy atom. The Bertz CT molecular complexity index is 453. The number of guanidine groups is 1. The van der Waals surface area contributed by atoms with E-state index in [1.54, 1.807) is 18.2 Å². The van der Waals surface area contributed by atoms with E-state index in [0.717, 1.165) is 0 Å². The van der Waals surface area contributed by atoms with E-state index >= 15 is 0 Å². The molecule has 0 spiro atoms. The number of hydrogen-bond acceptors (Lipinski definition) is 3. The highest BCUT2D eigenvalue weighted by Gasteiger charge is 2.06. The first-order valence-corrected chi connectivity index (χ1v) is 4.58. The van der Waals surface area contributed by atoms with Gasteiger partial charge in [-0.25, -0.2) is 9.98 Å². The molecule has 0 bridgehead atoms. The maximum absolute atomic E-state index is 11.2. The number of methoxy groups -OCH3 is 1. The summed E-state index contributed by atoms with van der Waals surface area (Å²) >= 11 is 0. The molecule has 2 N–H and O–H groups in total. The SMILES string of the molecule is C=NC(N)=Nc1ccc(C(C)=O)cc1OC. The highest BCUT2D eigenvalue weighted by Crippen LogP contribution is 2.28. The van der Waals surface area contributed by atoms with Crippen LogP contribution in [0, 0.1) is 0 Å². The van der Waals surface area contributed by atoms with Crippen molar-refractivity contribution in [2.45, 2.75) is 6.92 Å². The molecule has 5 nitrogen and oxygen atoms in total. The number of carbonyl (C=O) groups excluding carboxylic acids is 1. The van der Waals surface area contributed by atoms with Crippen LogP contribution >= 0.6 is 0 Å². The Labute approximate surface area is 93.7 Å². The Morgan fingerprint density at radius 1 is 1.50 bits per heavy atom. The van der Waals surface area contributed by atoms with Crippen molar-refractivity contribution in [1.29, 1.82) is 0 Å². The zero-order chi connectivity index (χ0) is 12.1. The molecule has 0 radical (unpaired) electrons. The molecular weight excluding hydrogens is 206 g/mol. The summed E-state index contributed by atoms with van der Waals surface area (Å²) in [6.45, 7) is 4.74. The van der Waals surface area contributed by atoms with Crippen molar-refractivity contribution >= 4 is 24.1 Å².